The fourth-order valence-electron chi connectivity index (χ4n) is 1.50. The standard InChI is InChI=1S/C13H20N2O2/c1-10-5-6-12(8-14-10)7-13(16)15(3)11(2)9-17-4/h5-6,8,11H,7,9H2,1-4H3/t11-/m1/s1. The second-order valence-electron chi connectivity index (χ2n) is 4.29. The fraction of sp³-hybridized carbons (Fsp3) is 0.538. The second kappa shape index (κ2) is 6.35. The Balaban J connectivity index is 2.56. The van der Waals surface area contributed by atoms with Crippen LogP contribution in [-0.4, -0.2) is 42.6 Å². The van der Waals surface area contributed by atoms with Gasteiger partial charge in [0.25, 0.3) is 0 Å². The van der Waals surface area contributed by atoms with Crippen LogP contribution in [0.1, 0.15) is 18.2 Å². The monoisotopic (exact) mass is 236 g/mol. The van der Waals surface area contributed by atoms with E-state index in [0.29, 0.717) is 13.0 Å². The molecule has 0 aromatic carbocycles. The van der Waals surface area contributed by atoms with E-state index in [-0.39, 0.29) is 11.9 Å². The van der Waals surface area contributed by atoms with Crippen molar-refractivity contribution in [1.82, 2.24) is 9.88 Å². The van der Waals surface area contributed by atoms with Crippen molar-refractivity contribution in [2.75, 3.05) is 20.8 Å². The van der Waals surface area contributed by atoms with Gasteiger partial charge in [0, 0.05) is 26.0 Å². The summed E-state index contributed by atoms with van der Waals surface area (Å²) < 4.78 is 5.03. The molecule has 0 radical (unpaired) electrons. The topological polar surface area (TPSA) is 42.4 Å². The molecule has 0 aliphatic rings. The normalized spacial score (nSPS) is 12.2. The van der Waals surface area contributed by atoms with E-state index in [4.69, 9.17) is 4.74 Å². The van der Waals surface area contributed by atoms with Crippen molar-refractivity contribution >= 4 is 5.91 Å². The molecule has 1 rings (SSSR count). The number of aryl methyl sites for hydroxylation is 1. The summed E-state index contributed by atoms with van der Waals surface area (Å²) in [5, 5.41) is 0. The van der Waals surface area contributed by atoms with Gasteiger partial charge in [0.1, 0.15) is 0 Å². The maximum absolute atomic E-state index is 12.0. The van der Waals surface area contributed by atoms with Crippen LogP contribution < -0.4 is 0 Å². The largest absolute Gasteiger partial charge is 0.383 e. The molecule has 17 heavy (non-hydrogen) atoms. The van der Waals surface area contributed by atoms with Crippen molar-refractivity contribution in [2.45, 2.75) is 26.3 Å². The molecule has 0 N–H and O–H groups in total. The van der Waals surface area contributed by atoms with Crippen LogP contribution >= 0.6 is 0 Å². The Labute approximate surface area is 103 Å². The summed E-state index contributed by atoms with van der Waals surface area (Å²) in [5.41, 5.74) is 1.90. The van der Waals surface area contributed by atoms with Crippen molar-refractivity contribution < 1.29 is 9.53 Å². The highest BCUT2D eigenvalue weighted by Crippen LogP contribution is 2.05. The number of nitrogens with zero attached hydrogens (tertiary/aromatic N) is 2. The highest BCUT2D eigenvalue weighted by molar-refractivity contribution is 5.78. The van der Waals surface area contributed by atoms with E-state index in [1.54, 1.807) is 25.3 Å². The molecule has 0 saturated heterocycles. The number of hydrogen-bond donors (Lipinski definition) is 0. The molecule has 0 aliphatic carbocycles. The van der Waals surface area contributed by atoms with Gasteiger partial charge in [0.05, 0.1) is 19.1 Å². The highest BCUT2D eigenvalue weighted by atomic mass is 16.5. The zero-order valence-electron chi connectivity index (χ0n) is 10.9. The SMILES string of the molecule is COC[C@@H](C)N(C)C(=O)Cc1ccc(C)nc1. The second-order valence-corrected chi connectivity index (χ2v) is 4.29. The number of aromatic nitrogens is 1. The summed E-state index contributed by atoms with van der Waals surface area (Å²) in [6, 6.07) is 3.95. The number of rotatable bonds is 5. The predicted molar refractivity (Wildman–Crippen MR) is 66.8 cm³/mol. The molecule has 4 heteroatoms. The lowest BCUT2D eigenvalue weighted by molar-refractivity contribution is -0.131. The average molecular weight is 236 g/mol. The van der Waals surface area contributed by atoms with Crippen LogP contribution in [0.4, 0.5) is 0 Å². The molecule has 1 aromatic rings. The lowest BCUT2D eigenvalue weighted by Crippen LogP contribution is -2.38. The number of hydrogen-bond acceptors (Lipinski definition) is 3. The van der Waals surface area contributed by atoms with E-state index >= 15 is 0 Å². The fourth-order valence-corrected chi connectivity index (χ4v) is 1.50. The molecule has 94 valence electrons. The Bertz CT molecular complexity index is 362. The molecule has 0 aliphatic heterocycles. The Kier molecular flexibility index (Phi) is 5.10. The van der Waals surface area contributed by atoms with E-state index in [0.717, 1.165) is 11.3 Å². The van der Waals surface area contributed by atoms with Crippen molar-refractivity contribution in [3.8, 4) is 0 Å². The first-order chi connectivity index (χ1) is 8.04. The molecule has 1 aromatic heterocycles. The van der Waals surface area contributed by atoms with Crippen LogP contribution in [0.2, 0.25) is 0 Å². The summed E-state index contributed by atoms with van der Waals surface area (Å²) in [6.07, 6.45) is 2.14. The number of carbonyl (C=O) groups is 1. The number of pyridine rings is 1. The van der Waals surface area contributed by atoms with Crippen LogP contribution in [0.25, 0.3) is 0 Å². The predicted octanol–water partition coefficient (Wildman–Crippen LogP) is 1.43. The number of likely N-dealkylation sites (N-methyl/N-ethyl adjacent to an activating group) is 1. The quantitative estimate of drug-likeness (QED) is 0.776. The Morgan fingerprint density at radius 2 is 2.24 bits per heavy atom. The first-order valence-corrected chi connectivity index (χ1v) is 5.70. The third-order valence-corrected chi connectivity index (χ3v) is 2.79. The smallest absolute Gasteiger partial charge is 0.227 e. The van der Waals surface area contributed by atoms with E-state index in [1.807, 2.05) is 26.0 Å². The number of methoxy groups -OCH3 is 1. The van der Waals surface area contributed by atoms with Crippen molar-refractivity contribution in [3.63, 3.8) is 0 Å². The van der Waals surface area contributed by atoms with Crippen molar-refractivity contribution in [3.05, 3.63) is 29.6 Å². The van der Waals surface area contributed by atoms with E-state index in [2.05, 4.69) is 4.98 Å². The third kappa shape index (κ3) is 4.15. The Morgan fingerprint density at radius 1 is 1.53 bits per heavy atom. The van der Waals surface area contributed by atoms with Gasteiger partial charge in [-0.05, 0) is 25.5 Å². The number of amides is 1. The Morgan fingerprint density at radius 3 is 2.76 bits per heavy atom. The molecule has 4 nitrogen and oxygen atoms in total. The molecule has 0 spiro atoms. The summed E-state index contributed by atoms with van der Waals surface area (Å²) in [5.74, 6) is 0.0835. The molecule has 0 bridgehead atoms. The number of ether oxygens (including phenoxy) is 1. The van der Waals surface area contributed by atoms with Gasteiger partial charge in [-0.1, -0.05) is 6.07 Å². The van der Waals surface area contributed by atoms with E-state index < -0.39 is 0 Å². The summed E-state index contributed by atoms with van der Waals surface area (Å²) >= 11 is 0. The van der Waals surface area contributed by atoms with Gasteiger partial charge >= 0.3 is 0 Å². The molecule has 1 atom stereocenters. The molecular formula is C13H20N2O2. The van der Waals surface area contributed by atoms with Gasteiger partial charge in [-0.2, -0.15) is 0 Å². The molecule has 0 unspecified atom stereocenters. The Hall–Kier alpha value is -1.42. The van der Waals surface area contributed by atoms with Crippen LogP contribution in [0.5, 0.6) is 0 Å². The minimum Gasteiger partial charge on any atom is -0.383 e. The third-order valence-electron chi connectivity index (χ3n) is 2.79. The van der Waals surface area contributed by atoms with Gasteiger partial charge in [-0.3, -0.25) is 9.78 Å². The van der Waals surface area contributed by atoms with Gasteiger partial charge in [0.15, 0.2) is 0 Å². The summed E-state index contributed by atoms with van der Waals surface area (Å²) in [4.78, 5) is 17.8. The zero-order chi connectivity index (χ0) is 12.8. The summed E-state index contributed by atoms with van der Waals surface area (Å²) in [6.45, 7) is 4.45. The first kappa shape index (κ1) is 13.6. The average Bonchev–Trinajstić information content (AvgIpc) is 2.31. The maximum Gasteiger partial charge on any atom is 0.227 e. The van der Waals surface area contributed by atoms with E-state index in [9.17, 15) is 4.79 Å². The molecular weight excluding hydrogens is 216 g/mol. The summed E-state index contributed by atoms with van der Waals surface area (Å²) in [7, 11) is 3.44. The minimum atomic E-state index is 0.0835. The molecule has 1 amide bonds. The number of carbonyl (C=O) groups excluding carboxylic acids is 1. The zero-order valence-corrected chi connectivity index (χ0v) is 10.9. The van der Waals surface area contributed by atoms with Gasteiger partial charge in [0.2, 0.25) is 5.91 Å². The van der Waals surface area contributed by atoms with Crippen LogP contribution in [-0.2, 0) is 16.0 Å². The van der Waals surface area contributed by atoms with Gasteiger partial charge < -0.3 is 9.64 Å². The lowest BCUT2D eigenvalue weighted by atomic mass is 10.1. The van der Waals surface area contributed by atoms with Crippen molar-refractivity contribution in [1.29, 1.82) is 0 Å². The molecule has 1 heterocycles. The van der Waals surface area contributed by atoms with Crippen LogP contribution in [0.3, 0.4) is 0 Å². The van der Waals surface area contributed by atoms with Gasteiger partial charge in [-0.15, -0.1) is 0 Å². The minimum absolute atomic E-state index is 0.0835. The molecule has 0 fully saturated rings. The van der Waals surface area contributed by atoms with E-state index in [1.165, 1.54) is 0 Å². The van der Waals surface area contributed by atoms with Crippen LogP contribution in [0, 0.1) is 6.92 Å². The maximum atomic E-state index is 12.0. The lowest BCUT2D eigenvalue weighted by Gasteiger charge is -2.24. The van der Waals surface area contributed by atoms with Crippen molar-refractivity contribution in [2.24, 2.45) is 0 Å². The van der Waals surface area contributed by atoms with Gasteiger partial charge in [-0.25, -0.2) is 0 Å². The molecule has 0 saturated carbocycles. The first-order valence-electron chi connectivity index (χ1n) is 5.70. The highest BCUT2D eigenvalue weighted by Gasteiger charge is 2.15. The van der Waals surface area contributed by atoms with Crippen LogP contribution in [0.15, 0.2) is 18.3 Å².